The van der Waals surface area contributed by atoms with Crippen LogP contribution < -0.4 is 0 Å². The van der Waals surface area contributed by atoms with Crippen molar-refractivity contribution in [1.29, 1.82) is 0 Å². The zero-order chi connectivity index (χ0) is 7.72. The van der Waals surface area contributed by atoms with Crippen molar-refractivity contribution in [1.82, 2.24) is 0 Å². The van der Waals surface area contributed by atoms with E-state index in [0.29, 0.717) is 0 Å². The van der Waals surface area contributed by atoms with E-state index in [4.69, 9.17) is 26.6 Å². The lowest BCUT2D eigenvalue weighted by Crippen LogP contribution is -2.32. The molecule has 4 atom stereocenters. The lowest BCUT2D eigenvalue weighted by Gasteiger charge is -2.10. The molecule has 2 N–H and O–H groups in total. The van der Waals surface area contributed by atoms with Gasteiger partial charge in [0.15, 0.2) is 0 Å². The highest BCUT2D eigenvalue weighted by atomic mass is 35.5. The summed E-state index contributed by atoms with van der Waals surface area (Å²) in [4.78, 5) is 0. The molecule has 0 spiro atoms. The predicted molar refractivity (Wildman–Crippen MR) is 37.1 cm³/mol. The minimum Gasteiger partial charge on any atom is -0.388 e. The van der Waals surface area contributed by atoms with Gasteiger partial charge in [-0.1, -0.05) is 0 Å². The monoisotopic (exact) mass is 166 g/mol. The fourth-order valence-electron chi connectivity index (χ4n) is 1.06. The molecule has 0 unspecified atom stereocenters. The molecule has 1 aliphatic heterocycles. The smallest absolute Gasteiger partial charge is 0.110 e. The van der Waals surface area contributed by atoms with Gasteiger partial charge >= 0.3 is 0 Å². The van der Waals surface area contributed by atoms with Crippen molar-refractivity contribution in [3.63, 3.8) is 0 Å². The van der Waals surface area contributed by atoms with Crippen molar-refractivity contribution >= 4 is 11.6 Å². The number of halogens is 1. The number of rotatable bonds is 1. The van der Waals surface area contributed by atoms with Gasteiger partial charge in [0.1, 0.15) is 12.2 Å². The molecule has 0 aromatic heterocycles. The van der Waals surface area contributed by atoms with Crippen LogP contribution in [0.5, 0.6) is 0 Å². The molecular weight excluding hydrogens is 156 g/mol. The molecule has 0 aromatic rings. The van der Waals surface area contributed by atoms with Crippen LogP contribution in [0, 0.1) is 0 Å². The van der Waals surface area contributed by atoms with E-state index in [0.717, 1.165) is 0 Å². The Balaban J connectivity index is 2.53. The summed E-state index contributed by atoms with van der Waals surface area (Å²) in [6.45, 7) is 1.71. The van der Waals surface area contributed by atoms with Gasteiger partial charge in [0.2, 0.25) is 0 Å². The van der Waals surface area contributed by atoms with E-state index in [1.165, 1.54) is 0 Å². The molecule has 0 radical (unpaired) electrons. The SMILES string of the molecule is C[C@H]1O[C@@H](CCl)[C@H](O)[C@@H]1O. The van der Waals surface area contributed by atoms with Crippen LogP contribution in [-0.4, -0.2) is 40.5 Å². The highest BCUT2D eigenvalue weighted by Gasteiger charge is 2.39. The molecule has 1 saturated heterocycles. The summed E-state index contributed by atoms with van der Waals surface area (Å²) in [6, 6.07) is 0. The van der Waals surface area contributed by atoms with Crippen LogP contribution in [0.1, 0.15) is 6.92 Å². The predicted octanol–water partition coefficient (Wildman–Crippen LogP) is -0.266. The highest BCUT2D eigenvalue weighted by Crippen LogP contribution is 2.21. The Morgan fingerprint density at radius 1 is 1.40 bits per heavy atom. The summed E-state index contributed by atoms with van der Waals surface area (Å²) in [7, 11) is 0. The van der Waals surface area contributed by atoms with Crippen LogP contribution in [0.25, 0.3) is 0 Å². The summed E-state index contributed by atoms with van der Waals surface area (Å²) in [5, 5.41) is 18.3. The number of hydrogen-bond donors (Lipinski definition) is 2. The third kappa shape index (κ3) is 1.27. The number of hydrogen-bond acceptors (Lipinski definition) is 3. The van der Waals surface area contributed by atoms with Crippen LogP contribution in [0.3, 0.4) is 0 Å². The first kappa shape index (κ1) is 8.27. The van der Waals surface area contributed by atoms with E-state index >= 15 is 0 Å². The fraction of sp³-hybridized carbons (Fsp3) is 1.00. The Bertz CT molecular complexity index is 120. The maximum Gasteiger partial charge on any atom is 0.110 e. The minimum absolute atomic E-state index is 0.225. The Labute approximate surface area is 64.6 Å². The maximum absolute atomic E-state index is 9.17. The number of aliphatic hydroxyl groups excluding tert-OH is 2. The second-order valence-electron chi connectivity index (χ2n) is 2.52. The van der Waals surface area contributed by atoms with Crippen LogP contribution in [0.2, 0.25) is 0 Å². The summed E-state index contributed by atoms with van der Waals surface area (Å²) in [5.41, 5.74) is 0. The van der Waals surface area contributed by atoms with Crippen LogP contribution in [0.4, 0.5) is 0 Å². The van der Waals surface area contributed by atoms with Crippen molar-refractivity contribution in [2.24, 2.45) is 0 Å². The van der Waals surface area contributed by atoms with Gasteiger partial charge in [-0.25, -0.2) is 0 Å². The second kappa shape index (κ2) is 3.05. The third-order valence-corrected chi connectivity index (χ3v) is 2.06. The number of alkyl halides is 1. The van der Waals surface area contributed by atoms with Crippen LogP contribution in [-0.2, 0) is 4.74 Å². The van der Waals surface area contributed by atoms with Gasteiger partial charge in [-0.2, -0.15) is 0 Å². The first-order chi connectivity index (χ1) is 4.66. The Hall–Kier alpha value is 0.170. The topological polar surface area (TPSA) is 49.7 Å². The van der Waals surface area contributed by atoms with Gasteiger partial charge in [0, 0.05) is 0 Å². The Kier molecular flexibility index (Phi) is 2.52. The fourth-order valence-corrected chi connectivity index (χ4v) is 1.32. The van der Waals surface area contributed by atoms with Crippen molar-refractivity contribution in [3.05, 3.63) is 0 Å². The average molecular weight is 167 g/mol. The first-order valence-electron chi connectivity index (χ1n) is 3.24. The molecule has 3 nitrogen and oxygen atoms in total. The zero-order valence-electron chi connectivity index (χ0n) is 5.70. The van der Waals surface area contributed by atoms with E-state index < -0.39 is 18.3 Å². The van der Waals surface area contributed by atoms with E-state index in [1.54, 1.807) is 6.92 Å². The van der Waals surface area contributed by atoms with E-state index in [9.17, 15) is 0 Å². The Morgan fingerprint density at radius 3 is 2.20 bits per heavy atom. The number of aliphatic hydroxyl groups is 2. The molecule has 60 valence electrons. The Morgan fingerprint density at radius 2 is 2.00 bits per heavy atom. The molecule has 1 heterocycles. The maximum atomic E-state index is 9.17. The summed E-state index contributed by atoms with van der Waals surface area (Å²) >= 11 is 5.44. The molecule has 0 amide bonds. The van der Waals surface area contributed by atoms with E-state index in [-0.39, 0.29) is 12.0 Å². The molecule has 1 rings (SSSR count). The van der Waals surface area contributed by atoms with E-state index in [1.807, 2.05) is 0 Å². The summed E-state index contributed by atoms with van der Waals surface area (Å²) in [6.07, 6.45) is -2.33. The van der Waals surface area contributed by atoms with Gasteiger partial charge in [0.25, 0.3) is 0 Å². The van der Waals surface area contributed by atoms with Crippen molar-refractivity contribution in [3.8, 4) is 0 Å². The lowest BCUT2D eigenvalue weighted by atomic mass is 10.1. The molecule has 1 aliphatic rings. The van der Waals surface area contributed by atoms with Crippen LogP contribution >= 0.6 is 11.6 Å². The molecule has 0 aliphatic carbocycles. The molecular formula is C6H11ClO3. The summed E-state index contributed by atoms with van der Waals surface area (Å²) < 4.78 is 5.10. The van der Waals surface area contributed by atoms with E-state index in [2.05, 4.69) is 0 Å². The molecule has 4 heteroatoms. The molecule has 0 bridgehead atoms. The zero-order valence-corrected chi connectivity index (χ0v) is 6.45. The van der Waals surface area contributed by atoms with Gasteiger partial charge < -0.3 is 14.9 Å². The minimum atomic E-state index is -0.826. The quantitative estimate of drug-likeness (QED) is 0.528. The standard InChI is InChI=1S/C6H11ClO3/c1-3-5(8)6(9)4(2-7)10-3/h3-6,8-9H,2H2,1H3/t3-,4+,5-,6+/m1/s1. The lowest BCUT2D eigenvalue weighted by molar-refractivity contribution is 0.0297. The van der Waals surface area contributed by atoms with Crippen molar-refractivity contribution in [2.75, 3.05) is 5.88 Å². The largest absolute Gasteiger partial charge is 0.388 e. The molecule has 1 fully saturated rings. The highest BCUT2D eigenvalue weighted by molar-refractivity contribution is 6.18. The summed E-state index contributed by atoms with van der Waals surface area (Å²) in [5.74, 6) is 0.225. The normalized spacial score (nSPS) is 48.0. The van der Waals surface area contributed by atoms with Gasteiger partial charge in [-0.05, 0) is 6.92 Å². The van der Waals surface area contributed by atoms with Gasteiger partial charge in [-0.3, -0.25) is 0 Å². The first-order valence-corrected chi connectivity index (χ1v) is 3.78. The molecule has 0 saturated carbocycles. The van der Waals surface area contributed by atoms with Crippen molar-refractivity contribution in [2.45, 2.75) is 31.3 Å². The molecule has 0 aromatic carbocycles. The van der Waals surface area contributed by atoms with Gasteiger partial charge in [-0.15, -0.1) is 11.6 Å². The molecule has 10 heavy (non-hydrogen) atoms. The van der Waals surface area contributed by atoms with Crippen molar-refractivity contribution < 1.29 is 14.9 Å². The average Bonchev–Trinajstić information content (AvgIpc) is 2.17. The third-order valence-electron chi connectivity index (χ3n) is 1.75. The van der Waals surface area contributed by atoms with Crippen LogP contribution in [0.15, 0.2) is 0 Å². The number of ether oxygens (including phenoxy) is 1. The van der Waals surface area contributed by atoms with Gasteiger partial charge in [0.05, 0.1) is 18.1 Å². The second-order valence-corrected chi connectivity index (χ2v) is 2.82.